The van der Waals surface area contributed by atoms with E-state index in [4.69, 9.17) is 10.5 Å². The summed E-state index contributed by atoms with van der Waals surface area (Å²) < 4.78 is 43.4. The minimum absolute atomic E-state index is 0.0819. The van der Waals surface area contributed by atoms with Gasteiger partial charge in [-0.05, 0) is 31.2 Å². The number of rotatable bonds is 3. The predicted octanol–water partition coefficient (Wildman–Crippen LogP) is 2.65. The largest absolute Gasteiger partial charge is 0.462 e. The number of nitrogens with zero attached hydrogens (tertiary/aromatic N) is 2. The Kier molecular flexibility index (Phi) is 3.88. The molecule has 0 radical (unpaired) electrons. The Balaban J connectivity index is 2.39. The Morgan fingerprint density at radius 2 is 2.10 bits per heavy atom. The number of anilines is 1. The highest BCUT2D eigenvalue weighted by Gasteiger charge is 2.33. The second kappa shape index (κ2) is 5.47. The lowest BCUT2D eigenvalue weighted by Gasteiger charge is -2.08. The number of halogens is 3. The first-order chi connectivity index (χ1) is 9.82. The SMILES string of the molecule is CCOC(=O)c1cc(-n2ccc(C(F)(F)F)n2)ccc1N. The third kappa shape index (κ3) is 3.15. The highest BCUT2D eigenvalue weighted by molar-refractivity contribution is 5.95. The van der Waals surface area contributed by atoms with Crippen LogP contribution in [0.15, 0.2) is 30.5 Å². The lowest BCUT2D eigenvalue weighted by molar-refractivity contribution is -0.141. The molecule has 0 atom stereocenters. The molecule has 112 valence electrons. The minimum atomic E-state index is -4.52. The van der Waals surface area contributed by atoms with E-state index in [9.17, 15) is 18.0 Å². The molecule has 2 aromatic rings. The van der Waals surface area contributed by atoms with Gasteiger partial charge in [-0.2, -0.15) is 18.3 Å². The van der Waals surface area contributed by atoms with Crippen molar-refractivity contribution in [2.75, 3.05) is 12.3 Å². The molecule has 8 heteroatoms. The Hall–Kier alpha value is -2.51. The van der Waals surface area contributed by atoms with Crippen molar-refractivity contribution >= 4 is 11.7 Å². The van der Waals surface area contributed by atoms with Crippen LogP contribution in [0.3, 0.4) is 0 Å². The topological polar surface area (TPSA) is 70.1 Å². The second-order valence-electron chi connectivity index (χ2n) is 4.14. The zero-order valence-corrected chi connectivity index (χ0v) is 11.0. The number of hydrogen-bond donors (Lipinski definition) is 1. The van der Waals surface area contributed by atoms with E-state index in [1.807, 2.05) is 0 Å². The number of ether oxygens (including phenoxy) is 1. The van der Waals surface area contributed by atoms with Crippen molar-refractivity contribution in [1.29, 1.82) is 0 Å². The van der Waals surface area contributed by atoms with E-state index >= 15 is 0 Å². The monoisotopic (exact) mass is 299 g/mol. The number of hydrogen-bond acceptors (Lipinski definition) is 4. The average Bonchev–Trinajstić information content (AvgIpc) is 2.89. The van der Waals surface area contributed by atoms with Crippen molar-refractivity contribution in [2.45, 2.75) is 13.1 Å². The van der Waals surface area contributed by atoms with Gasteiger partial charge in [0.2, 0.25) is 0 Å². The summed E-state index contributed by atoms with van der Waals surface area (Å²) in [7, 11) is 0. The maximum absolute atomic E-state index is 12.5. The van der Waals surface area contributed by atoms with Crippen molar-refractivity contribution in [3.8, 4) is 5.69 Å². The lowest BCUT2D eigenvalue weighted by atomic mass is 10.1. The summed E-state index contributed by atoms with van der Waals surface area (Å²) in [6.07, 6.45) is -3.37. The van der Waals surface area contributed by atoms with Gasteiger partial charge in [0, 0.05) is 11.9 Å². The van der Waals surface area contributed by atoms with E-state index in [0.717, 1.165) is 16.9 Å². The summed E-state index contributed by atoms with van der Waals surface area (Å²) in [5.74, 6) is -0.639. The van der Waals surface area contributed by atoms with Crippen molar-refractivity contribution in [1.82, 2.24) is 9.78 Å². The van der Waals surface area contributed by atoms with E-state index in [-0.39, 0.29) is 23.5 Å². The van der Waals surface area contributed by atoms with Gasteiger partial charge in [0.05, 0.1) is 17.9 Å². The van der Waals surface area contributed by atoms with E-state index in [1.165, 1.54) is 18.2 Å². The summed E-state index contributed by atoms with van der Waals surface area (Å²) in [6, 6.07) is 5.06. The van der Waals surface area contributed by atoms with Crippen molar-refractivity contribution in [3.63, 3.8) is 0 Å². The van der Waals surface area contributed by atoms with Gasteiger partial charge in [-0.1, -0.05) is 0 Å². The van der Waals surface area contributed by atoms with E-state index in [1.54, 1.807) is 6.92 Å². The normalized spacial score (nSPS) is 11.4. The van der Waals surface area contributed by atoms with Crippen LogP contribution in [0.1, 0.15) is 23.0 Å². The lowest BCUT2D eigenvalue weighted by Crippen LogP contribution is -2.10. The molecular formula is C13H12F3N3O2. The molecule has 21 heavy (non-hydrogen) atoms. The van der Waals surface area contributed by atoms with Crippen LogP contribution in [-0.4, -0.2) is 22.4 Å². The molecule has 5 nitrogen and oxygen atoms in total. The van der Waals surface area contributed by atoms with Gasteiger partial charge < -0.3 is 10.5 Å². The molecule has 0 bridgehead atoms. The first-order valence-corrected chi connectivity index (χ1v) is 6.03. The van der Waals surface area contributed by atoms with Gasteiger partial charge in [0.15, 0.2) is 5.69 Å². The number of alkyl halides is 3. The first-order valence-electron chi connectivity index (χ1n) is 6.03. The maximum atomic E-state index is 12.5. The standard InChI is InChI=1S/C13H12F3N3O2/c1-2-21-12(20)9-7-8(3-4-10(9)17)19-6-5-11(18-19)13(14,15)16/h3-7H,2,17H2,1H3. The number of nitrogen functional groups attached to an aromatic ring is 1. The van der Waals surface area contributed by atoms with Crippen LogP contribution in [0.25, 0.3) is 5.69 Å². The minimum Gasteiger partial charge on any atom is -0.462 e. The molecule has 0 aliphatic heterocycles. The molecule has 1 aromatic carbocycles. The van der Waals surface area contributed by atoms with Crippen molar-refractivity contribution in [3.05, 3.63) is 41.7 Å². The molecule has 0 aliphatic rings. The number of esters is 1. The van der Waals surface area contributed by atoms with Crippen LogP contribution in [0.4, 0.5) is 18.9 Å². The zero-order valence-electron chi connectivity index (χ0n) is 11.0. The summed E-state index contributed by atoms with van der Waals surface area (Å²) in [5, 5.41) is 3.43. The van der Waals surface area contributed by atoms with Crippen LogP contribution in [-0.2, 0) is 10.9 Å². The van der Waals surface area contributed by atoms with Gasteiger partial charge in [0.25, 0.3) is 0 Å². The maximum Gasteiger partial charge on any atom is 0.435 e. The Morgan fingerprint density at radius 1 is 1.38 bits per heavy atom. The molecular weight excluding hydrogens is 287 g/mol. The van der Waals surface area contributed by atoms with Gasteiger partial charge >= 0.3 is 12.1 Å². The first kappa shape index (κ1) is 14.9. The van der Waals surface area contributed by atoms with Gasteiger partial charge in [0.1, 0.15) is 0 Å². The Morgan fingerprint density at radius 3 is 2.67 bits per heavy atom. The third-order valence-corrected chi connectivity index (χ3v) is 2.68. The highest BCUT2D eigenvalue weighted by atomic mass is 19.4. The highest BCUT2D eigenvalue weighted by Crippen LogP contribution is 2.28. The van der Waals surface area contributed by atoms with E-state index in [0.29, 0.717) is 0 Å². The summed E-state index contributed by atoms with van der Waals surface area (Å²) in [6.45, 7) is 1.81. The van der Waals surface area contributed by atoms with Crippen LogP contribution >= 0.6 is 0 Å². The van der Waals surface area contributed by atoms with E-state index < -0.39 is 17.8 Å². The van der Waals surface area contributed by atoms with Crippen LogP contribution in [0.5, 0.6) is 0 Å². The zero-order chi connectivity index (χ0) is 15.6. The third-order valence-electron chi connectivity index (χ3n) is 2.68. The molecule has 0 saturated heterocycles. The fourth-order valence-electron chi connectivity index (χ4n) is 1.69. The molecule has 1 heterocycles. The summed E-state index contributed by atoms with van der Waals surface area (Å²) in [5.41, 5.74) is 5.19. The smallest absolute Gasteiger partial charge is 0.435 e. The van der Waals surface area contributed by atoms with Gasteiger partial charge in [-0.3, -0.25) is 0 Å². The van der Waals surface area contributed by atoms with Crippen LogP contribution in [0, 0.1) is 0 Å². The summed E-state index contributed by atoms with van der Waals surface area (Å²) >= 11 is 0. The molecule has 0 aliphatic carbocycles. The van der Waals surface area contributed by atoms with Crippen LogP contribution < -0.4 is 5.73 Å². The molecule has 1 aromatic heterocycles. The molecule has 0 amide bonds. The predicted molar refractivity (Wildman–Crippen MR) is 68.9 cm³/mol. The number of carbonyl (C=O) groups excluding carboxylic acids is 1. The quantitative estimate of drug-likeness (QED) is 0.698. The number of carbonyl (C=O) groups is 1. The summed E-state index contributed by atoms with van der Waals surface area (Å²) in [4.78, 5) is 11.7. The number of nitrogens with two attached hydrogens (primary N) is 1. The van der Waals surface area contributed by atoms with Gasteiger partial charge in [-0.15, -0.1) is 0 Å². The molecule has 0 unspecified atom stereocenters. The van der Waals surface area contributed by atoms with Crippen LogP contribution in [0.2, 0.25) is 0 Å². The second-order valence-corrected chi connectivity index (χ2v) is 4.14. The average molecular weight is 299 g/mol. The molecule has 2 N–H and O–H groups in total. The molecule has 0 fully saturated rings. The van der Waals surface area contributed by atoms with Crippen molar-refractivity contribution in [2.24, 2.45) is 0 Å². The van der Waals surface area contributed by atoms with Crippen molar-refractivity contribution < 1.29 is 22.7 Å². The molecule has 2 rings (SSSR count). The Bertz CT molecular complexity index is 665. The van der Waals surface area contributed by atoms with Gasteiger partial charge in [-0.25, -0.2) is 9.48 Å². The molecule has 0 spiro atoms. The fourth-order valence-corrected chi connectivity index (χ4v) is 1.69. The fraction of sp³-hybridized carbons (Fsp3) is 0.231. The number of benzene rings is 1. The molecule has 0 saturated carbocycles. The Labute approximate surface area is 118 Å². The number of aromatic nitrogens is 2. The van der Waals surface area contributed by atoms with E-state index in [2.05, 4.69) is 5.10 Å².